The number of nitrogens with one attached hydrogen (secondary N) is 1. The van der Waals surface area contributed by atoms with Crippen LogP contribution in [0.3, 0.4) is 0 Å². The van der Waals surface area contributed by atoms with E-state index in [1.54, 1.807) is 0 Å². The monoisotopic (exact) mass is 318 g/mol. The number of hydrogen-bond donors (Lipinski definition) is 1. The molecular weight excluding hydrogens is 296 g/mol. The molecular formula is C21H22N2O. The highest BCUT2D eigenvalue weighted by Gasteiger charge is 2.12. The number of nitrogens with zero attached hydrogens (tertiary/aromatic N) is 1. The van der Waals surface area contributed by atoms with E-state index in [0.717, 1.165) is 11.3 Å². The van der Waals surface area contributed by atoms with E-state index in [2.05, 4.69) is 35.6 Å². The van der Waals surface area contributed by atoms with Gasteiger partial charge in [0.25, 0.3) is 5.91 Å². The van der Waals surface area contributed by atoms with Crippen molar-refractivity contribution in [3.8, 4) is 0 Å². The second kappa shape index (κ2) is 6.75. The van der Waals surface area contributed by atoms with Crippen LogP contribution < -0.4 is 10.2 Å². The molecule has 3 nitrogen and oxygen atoms in total. The summed E-state index contributed by atoms with van der Waals surface area (Å²) in [7, 11) is 3.97. The second-order valence-corrected chi connectivity index (χ2v) is 6.24. The van der Waals surface area contributed by atoms with Gasteiger partial charge < -0.3 is 10.2 Å². The van der Waals surface area contributed by atoms with Gasteiger partial charge >= 0.3 is 0 Å². The first-order chi connectivity index (χ1) is 11.5. The van der Waals surface area contributed by atoms with Crippen LogP contribution in [-0.4, -0.2) is 20.0 Å². The Labute approximate surface area is 142 Å². The normalized spacial score (nSPS) is 12.0. The zero-order chi connectivity index (χ0) is 17.1. The van der Waals surface area contributed by atoms with E-state index in [1.165, 1.54) is 10.8 Å². The summed E-state index contributed by atoms with van der Waals surface area (Å²) in [5.41, 5.74) is 2.86. The Kier molecular flexibility index (Phi) is 4.52. The maximum absolute atomic E-state index is 12.4. The summed E-state index contributed by atoms with van der Waals surface area (Å²) in [5, 5.41) is 5.47. The zero-order valence-corrected chi connectivity index (χ0v) is 14.3. The Bertz CT molecular complexity index is 853. The third kappa shape index (κ3) is 3.40. The maximum atomic E-state index is 12.4. The molecule has 0 saturated heterocycles. The first kappa shape index (κ1) is 16.1. The van der Waals surface area contributed by atoms with Gasteiger partial charge in [0.1, 0.15) is 0 Å². The van der Waals surface area contributed by atoms with Gasteiger partial charge in [0.05, 0.1) is 6.04 Å². The topological polar surface area (TPSA) is 32.3 Å². The fourth-order valence-corrected chi connectivity index (χ4v) is 2.75. The average molecular weight is 318 g/mol. The molecule has 3 heteroatoms. The SMILES string of the molecule is CC(NC(=O)c1ccc(N(C)C)cc1)c1ccc2ccccc2c1. The van der Waals surface area contributed by atoms with E-state index in [0.29, 0.717) is 5.56 Å². The van der Waals surface area contributed by atoms with E-state index in [9.17, 15) is 4.79 Å². The van der Waals surface area contributed by atoms with Crippen LogP contribution in [0.2, 0.25) is 0 Å². The zero-order valence-electron chi connectivity index (χ0n) is 14.3. The lowest BCUT2D eigenvalue weighted by Gasteiger charge is -2.16. The predicted molar refractivity (Wildman–Crippen MR) is 101 cm³/mol. The van der Waals surface area contributed by atoms with E-state index in [1.807, 2.05) is 62.3 Å². The molecule has 0 fully saturated rings. The summed E-state index contributed by atoms with van der Waals surface area (Å²) in [6.07, 6.45) is 0. The first-order valence-corrected chi connectivity index (χ1v) is 8.11. The molecule has 1 atom stereocenters. The fraction of sp³-hybridized carbons (Fsp3) is 0.190. The molecule has 0 aromatic heterocycles. The predicted octanol–water partition coefficient (Wildman–Crippen LogP) is 4.40. The van der Waals surface area contributed by atoms with Crippen LogP contribution in [0.4, 0.5) is 5.69 Å². The molecule has 3 aromatic rings. The van der Waals surface area contributed by atoms with E-state index in [-0.39, 0.29) is 11.9 Å². The van der Waals surface area contributed by atoms with Crippen LogP contribution in [0.15, 0.2) is 66.7 Å². The van der Waals surface area contributed by atoms with Crippen LogP contribution in [-0.2, 0) is 0 Å². The molecule has 0 saturated carbocycles. The standard InChI is InChI=1S/C21H22N2O/c1-15(18-9-8-16-6-4-5-7-19(16)14-18)22-21(24)17-10-12-20(13-11-17)23(2)3/h4-15H,1-3H3,(H,22,24). The molecule has 3 aromatic carbocycles. The molecule has 0 aliphatic heterocycles. The number of carbonyl (C=O) groups is 1. The lowest BCUT2D eigenvalue weighted by molar-refractivity contribution is 0.0940. The van der Waals surface area contributed by atoms with Crippen molar-refractivity contribution in [1.82, 2.24) is 5.32 Å². The molecule has 122 valence electrons. The summed E-state index contributed by atoms with van der Waals surface area (Å²) in [6, 6.07) is 22.1. The number of anilines is 1. The van der Waals surface area contributed by atoms with Crippen LogP contribution >= 0.6 is 0 Å². The van der Waals surface area contributed by atoms with Gasteiger partial charge in [-0.3, -0.25) is 4.79 Å². The summed E-state index contributed by atoms with van der Waals surface area (Å²) in [5.74, 6) is -0.0547. The lowest BCUT2D eigenvalue weighted by atomic mass is 10.0. The molecule has 0 aliphatic rings. The van der Waals surface area contributed by atoms with Crippen LogP contribution in [0.5, 0.6) is 0 Å². The van der Waals surface area contributed by atoms with E-state index >= 15 is 0 Å². The molecule has 0 heterocycles. The number of hydrogen-bond acceptors (Lipinski definition) is 2. The number of rotatable bonds is 4. The fourth-order valence-electron chi connectivity index (χ4n) is 2.75. The van der Waals surface area contributed by atoms with Crippen LogP contribution in [0, 0.1) is 0 Å². The molecule has 0 bridgehead atoms. The molecule has 1 N–H and O–H groups in total. The van der Waals surface area contributed by atoms with Gasteiger partial charge in [0.15, 0.2) is 0 Å². The molecule has 3 rings (SSSR count). The summed E-state index contributed by atoms with van der Waals surface area (Å²) in [6.45, 7) is 2.01. The Morgan fingerprint density at radius 2 is 1.58 bits per heavy atom. The second-order valence-electron chi connectivity index (χ2n) is 6.24. The van der Waals surface area contributed by atoms with E-state index < -0.39 is 0 Å². The van der Waals surface area contributed by atoms with Crippen molar-refractivity contribution in [2.24, 2.45) is 0 Å². The number of amides is 1. The Balaban J connectivity index is 1.74. The van der Waals surface area contributed by atoms with Crippen LogP contribution in [0.1, 0.15) is 28.9 Å². The first-order valence-electron chi connectivity index (χ1n) is 8.11. The molecule has 0 aliphatic carbocycles. The van der Waals surface area contributed by atoms with Gasteiger partial charge in [-0.15, -0.1) is 0 Å². The minimum Gasteiger partial charge on any atom is -0.378 e. The number of benzene rings is 3. The Morgan fingerprint density at radius 1 is 0.917 bits per heavy atom. The quantitative estimate of drug-likeness (QED) is 0.773. The average Bonchev–Trinajstić information content (AvgIpc) is 2.61. The highest BCUT2D eigenvalue weighted by Crippen LogP contribution is 2.21. The Morgan fingerprint density at radius 3 is 2.25 bits per heavy atom. The van der Waals surface area contributed by atoms with E-state index in [4.69, 9.17) is 0 Å². The minimum absolute atomic E-state index is 0.0457. The Hall–Kier alpha value is -2.81. The molecule has 1 amide bonds. The smallest absolute Gasteiger partial charge is 0.251 e. The van der Waals surface area contributed by atoms with Crippen LogP contribution in [0.25, 0.3) is 10.8 Å². The third-order valence-corrected chi connectivity index (χ3v) is 4.27. The van der Waals surface area contributed by atoms with Gasteiger partial charge in [-0.2, -0.15) is 0 Å². The van der Waals surface area contributed by atoms with Crippen molar-refractivity contribution < 1.29 is 4.79 Å². The highest BCUT2D eigenvalue weighted by molar-refractivity contribution is 5.95. The largest absolute Gasteiger partial charge is 0.378 e. The molecule has 24 heavy (non-hydrogen) atoms. The van der Waals surface area contributed by atoms with Gasteiger partial charge in [-0.05, 0) is 53.6 Å². The van der Waals surface area contributed by atoms with Gasteiger partial charge in [-0.1, -0.05) is 36.4 Å². The number of fused-ring (bicyclic) bond motifs is 1. The van der Waals surface area contributed by atoms with Gasteiger partial charge in [-0.25, -0.2) is 0 Å². The summed E-state index contributed by atoms with van der Waals surface area (Å²) < 4.78 is 0. The van der Waals surface area contributed by atoms with Crippen molar-refractivity contribution in [3.05, 3.63) is 77.9 Å². The van der Waals surface area contributed by atoms with Gasteiger partial charge in [0.2, 0.25) is 0 Å². The summed E-state index contributed by atoms with van der Waals surface area (Å²) >= 11 is 0. The number of carbonyl (C=O) groups excluding carboxylic acids is 1. The molecule has 1 unspecified atom stereocenters. The maximum Gasteiger partial charge on any atom is 0.251 e. The molecule has 0 radical (unpaired) electrons. The third-order valence-electron chi connectivity index (χ3n) is 4.27. The lowest BCUT2D eigenvalue weighted by Crippen LogP contribution is -2.26. The van der Waals surface area contributed by atoms with Crippen molar-refractivity contribution >= 4 is 22.4 Å². The van der Waals surface area contributed by atoms with Gasteiger partial charge in [0, 0.05) is 25.3 Å². The minimum atomic E-state index is -0.0547. The van der Waals surface area contributed by atoms with Crippen molar-refractivity contribution in [1.29, 1.82) is 0 Å². The van der Waals surface area contributed by atoms with Crippen molar-refractivity contribution in [2.45, 2.75) is 13.0 Å². The van der Waals surface area contributed by atoms with Crippen molar-refractivity contribution in [3.63, 3.8) is 0 Å². The molecule has 0 spiro atoms. The summed E-state index contributed by atoms with van der Waals surface area (Å²) in [4.78, 5) is 14.5. The highest BCUT2D eigenvalue weighted by atomic mass is 16.1. The van der Waals surface area contributed by atoms with Crippen molar-refractivity contribution in [2.75, 3.05) is 19.0 Å².